The van der Waals surface area contributed by atoms with Crippen LogP contribution in [0, 0.1) is 5.92 Å². The minimum Gasteiger partial charge on any atom is -0.465 e. The topological polar surface area (TPSA) is 138 Å². The average molecular weight is 496 g/mol. The molecular formula is C25H37N9O2. The molecule has 0 aromatic carbocycles. The van der Waals surface area contributed by atoms with Gasteiger partial charge in [0.1, 0.15) is 11.5 Å². The number of carboxylic acid groups (broad SMARTS) is 1. The molecule has 0 saturated heterocycles. The van der Waals surface area contributed by atoms with E-state index >= 15 is 0 Å². The van der Waals surface area contributed by atoms with Crippen molar-refractivity contribution in [1.29, 1.82) is 0 Å². The number of rotatable bonds is 6. The Kier molecular flexibility index (Phi) is 9.84. The highest BCUT2D eigenvalue weighted by molar-refractivity contribution is 5.66. The SMILES string of the molecule is C1CCCC1.CC(C)Cn1cc(-c2cc3nccn3c(Nc3ccn[nH]3)n2)cn1.CC(C)NC(=O)O. The fourth-order valence-corrected chi connectivity index (χ4v) is 3.71. The van der Waals surface area contributed by atoms with E-state index in [2.05, 4.69) is 44.8 Å². The van der Waals surface area contributed by atoms with Crippen molar-refractivity contribution >= 4 is 23.5 Å². The smallest absolute Gasteiger partial charge is 0.404 e. The van der Waals surface area contributed by atoms with Gasteiger partial charge in [0.15, 0.2) is 0 Å². The summed E-state index contributed by atoms with van der Waals surface area (Å²) in [6.45, 7) is 8.76. The number of fused-ring (bicyclic) bond motifs is 1. The molecule has 194 valence electrons. The number of anilines is 2. The van der Waals surface area contributed by atoms with Gasteiger partial charge in [-0.05, 0) is 19.8 Å². The van der Waals surface area contributed by atoms with E-state index in [0.29, 0.717) is 11.9 Å². The number of aromatic amines is 1. The molecule has 1 aliphatic rings. The Morgan fingerprint density at radius 1 is 1.14 bits per heavy atom. The van der Waals surface area contributed by atoms with Crippen LogP contribution in [0.5, 0.6) is 0 Å². The Balaban J connectivity index is 0.000000249. The van der Waals surface area contributed by atoms with Gasteiger partial charge in [-0.25, -0.2) is 14.8 Å². The van der Waals surface area contributed by atoms with E-state index in [9.17, 15) is 4.79 Å². The monoisotopic (exact) mass is 495 g/mol. The van der Waals surface area contributed by atoms with Crippen molar-refractivity contribution in [1.82, 2.24) is 39.7 Å². The Hall–Kier alpha value is -3.89. The zero-order valence-electron chi connectivity index (χ0n) is 21.5. The summed E-state index contributed by atoms with van der Waals surface area (Å²) in [5.74, 6) is 1.98. The summed E-state index contributed by atoms with van der Waals surface area (Å²) in [6, 6.07) is 3.82. The van der Waals surface area contributed by atoms with Gasteiger partial charge in [0.05, 0.1) is 18.1 Å². The normalized spacial score (nSPS) is 12.7. The maximum absolute atomic E-state index is 9.70. The molecule has 36 heavy (non-hydrogen) atoms. The lowest BCUT2D eigenvalue weighted by atomic mass is 10.2. The van der Waals surface area contributed by atoms with Crippen LogP contribution in [-0.2, 0) is 6.54 Å². The van der Waals surface area contributed by atoms with Crippen molar-refractivity contribution < 1.29 is 9.90 Å². The predicted molar refractivity (Wildman–Crippen MR) is 140 cm³/mol. The molecule has 0 radical (unpaired) electrons. The highest BCUT2D eigenvalue weighted by Crippen LogP contribution is 2.22. The molecule has 1 aliphatic carbocycles. The zero-order chi connectivity index (χ0) is 25.9. The number of carbonyl (C=O) groups is 1. The van der Waals surface area contributed by atoms with Gasteiger partial charge in [0, 0.05) is 48.9 Å². The second-order valence-corrected chi connectivity index (χ2v) is 9.43. The van der Waals surface area contributed by atoms with Gasteiger partial charge in [-0.2, -0.15) is 10.2 Å². The number of nitrogens with one attached hydrogen (secondary N) is 3. The first-order valence-corrected chi connectivity index (χ1v) is 12.4. The molecule has 0 unspecified atom stereocenters. The summed E-state index contributed by atoms with van der Waals surface area (Å²) in [6.07, 6.45) is 15.7. The van der Waals surface area contributed by atoms with Gasteiger partial charge >= 0.3 is 6.09 Å². The third kappa shape index (κ3) is 8.40. The molecule has 1 amide bonds. The van der Waals surface area contributed by atoms with Crippen LogP contribution < -0.4 is 10.6 Å². The number of hydrogen-bond donors (Lipinski definition) is 4. The molecule has 0 atom stereocenters. The minimum atomic E-state index is -0.963. The van der Waals surface area contributed by atoms with E-state index in [1.165, 1.54) is 32.1 Å². The van der Waals surface area contributed by atoms with Gasteiger partial charge < -0.3 is 15.7 Å². The molecule has 11 nitrogen and oxygen atoms in total. The van der Waals surface area contributed by atoms with Gasteiger partial charge in [-0.1, -0.05) is 46.0 Å². The highest BCUT2D eigenvalue weighted by atomic mass is 16.4. The van der Waals surface area contributed by atoms with Crippen LogP contribution in [0.15, 0.2) is 43.1 Å². The van der Waals surface area contributed by atoms with Crippen LogP contribution in [0.2, 0.25) is 0 Å². The summed E-state index contributed by atoms with van der Waals surface area (Å²) in [4.78, 5) is 18.8. The lowest BCUT2D eigenvalue weighted by molar-refractivity contribution is 0.191. The van der Waals surface area contributed by atoms with Crippen molar-refractivity contribution in [3.8, 4) is 11.3 Å². The van der Waals surface area contributed by atoms with Crippen LogP contribution in [0.1, 0.15) is 59.8 Å². The largest absolute Gasteiger partial charge is 0.465 e. The zero-order valence-corrected chi connectivity index (χ0v) is 21.5. The summed E-state index contributed by atoms with van der Waals surface area (Å²) >= 11 is 0. The van der Waals surface area contributed by atoms with Crippen LogP contribution in [0.3, 0.4) is 0 Å². The van der Waals surface area contributed by atoms with Gasteiger partial charge in [-0.3, -0.25) is 14.2 Å². The van der Waals surface area contributed by atoms with E-state index in [1.807, 2.05) is 39.8 Å². The Morgan fingerprint density at radius 2 is 1.86 bits per heavy atom. The molecule has 1 saturated carbocycles. The Morgan fingerprint density at radius 3 is 2.42 bits per heavy atom. The molecule has 4 N–H and O–H groups in total. The summed E-state index contributed by atoms with van der Waals surface area (Å²) in [7, 11) is 0. The van der Waals surface area contributed by atoms with E-state index in [0.717, 1.165) is 29.3 Å². The number of amides is 1. The summed E-state index contributed by atoms with van der Waals surface area (Å²) in [5, 5.41) is 24.7. The predicted octanol–water partition coefficient (Wildman–Crippen LogP) is 5.33. The minimum absolute atomic E-state index is 0.0255. The van der Waals surface area contributed by atoms with Crippen molar-refractivity contribution in [3.05, 3.63) is 43.1 Å². The lowest BCUT2D eigenvalue weighted by Crippen LogP contribution is -2.27. The van der Waals surface area contributed by atoms with Crippen LogP contribution in [-0.4, -0.2) is 51.6 Å². The number of nitrogens with zero attached hydrogens (tertiary/aromatic N) is 6. The maximum Gasteiger partial charge on any atom is 0.404 e. The van der Waals surface area contributed by atoms with E-state index in [-0.39, 0.29) is 6.04 Å². The third-order valence-electron chi connectivity index (χ3n) is 5.28. The molecule has 11 heteroatoms. The molecule has 4 aromatic rings. The quantitative estimate of drug-likeness (QED) is 0.284. The molecule has 0 spiro atoms. The van der Waals surface area contributed by atoms with Gasteiger partial charge in [-0.15, -0.1) is 0 Å². The first-order valence-electron chi connectivity index (χ1n) is 12.4. The fourth-order valence-electron chi connectivity index (χ4n) is 3.71. The molecule has 0 aliphatic heterocycles. The van der Waals surface area contributed by atoms with E-state index in [4.69, 9.17) is 10.1 Å². The standard InChI is InChI=1S/C16H18N8.C5H10.C4H9NO2/c1-11(2)9-23-10-12(8-19-23)13-7-15-17-5-6-24(15)16(20-13)21-14-3-4-18-22-14;1-2-4-5-3-1;1-3(2)5-4(6)7/h3-8,10-11H,9H2,1-2H3,(H2,18,20,21,22);1-5H2;3,5H,1-2H3,(H,6,7). The molecule has 1 fully saturated rings. The van der Waals surface area contributed by atoms with Gasteiger partial charge in [0.25, 0.3) is 0 Å². The molecule has 4 heterocycles. The Bertz CT molecular complexity index is 1180. The second kappa shape index (κ2) is 13.3. The second-order valence-electron chi connectivity index (χ2n) is 9.43. The summed E-state index contributed by atoms with van der Waals surface area (Å²) in [5.41, 5.74) is 2.61. The first kappa shape index (κ1) is 26.7. The highest BCUT2D eigenvalue weighted by Gasteiger charge is 2.11. The molecular weight excluding hydrogens is 458 g/mol. The first-order chi connectivity index (χ1) is 17.3. The Labute approximate surface area is 211 Å². The molecule has 4 aromatic heterocycles. The number of hydrogen-bond acceptors (Lipinski definition) is 6. The van der Waals surface area contributed by atoms with Crippen LogP contribution in [0.4, 0.5) is 16.6 Å². The molecule has 0 bridgehead atoms. The van der Waals surface area contributed by atoms with Crippen molar-refractivity contribution in [2.45, 2.75) is 72.4 Å². The number of aromatic nitrogens is 7. The van der Waals surface area contributed by atoms with Crippen molar-refractivity contribution in [2.75, 3.05) is 5.32 Å². The summed E-state index contributed by atoms with van der Waals surface area (Å²) < 4.78 is 3.84. The van der Waals surface area contributed by atoms with Crippen LogP contribution >= 0.6 is 0 Å². The van der Waals surface area contributed by atoms with Crippen LogP contribution in [0.25, 0.3) is 16.9 Å². The average Bonchev–Trinajstić information content (AvgIpc) is 3.61. The van der Waals surface area contributed by atoms with E-state index in [1.54, 1.807) is 26.2 Å². The van der Waals surface area contributed by atoms with Crippen molar-refractivity contribution in [3.63, 3.8) is 0 Å². The maximum atomic E-state index is 9.70. The lowest BCUT2D eigenvalue weighted by Gasteiger charge is -2.08. The van der Waals surface area contributed by atoms with Crippen molar-refractivity contribution in [2.24, 2.45) is 5.92 Å². The number of imidazole rings is 1. The third-order valence-corrected chi connectivity index (χ3v) is 5.28. The fraction of sp³-hybridized carbons (Fsp3) is 0.480. The van der Waals surface area contributed by atoms with Gasteiger partial charge in [0.2, 0.25) is 5.95 Å². The van der Waals surface area contributed by atoms with E-state index < -0.39 is 6.09 Å². The number of H-pyrrole nitrogens is 1. The molecule has 5 rings (SSSR count).